The monoisotopic (exact) mass is 573 g/mol. The van der Waals surface area contributed by atoms with Gasteiger partial charge in [0.25, 0.3) is 0 Å². The van der Waals surface area contributed by atoms with Gasteiger partial charge in [-0.1, -0.05) is 60.1 Å². The van der Waals surface area contributed by atoms with Crippen molar-refractivity contribution in [2.45, 2.75) is 119 Å². The number of carboxylic acids is 1. The zero-order valence-electron chi connectivity index (χ0n) is 27.6. The second-order valence-electron chi connectivity index (χ2n) is 17.0. The number of methoxy groups -OCH3 is 1. The number of carboxylic acid groups (broad SMARTS) is 1. The molecule has 0 radical (unpaired) electrons. The van der Waals surface area contributed by atoms with E-state index in [2.05, 4.69) is 54.5 Å². The van der Waals surface area contributed by atoms with Crippen LogP contribution < -0.4 is 5.73 Å². The van der Waals surface area contributed by atoms with E-state index in [0.717, 1.165) is 45.1 Å². The molecular weight excluding hydrogens is 514 g/mol. The molecule has 11 atom stereocenters. The van der Waals surface area contributed by atoms with Crippen molar-refractivity contribution in [1.82, 2.24) is 0 Å². The molecule has 4 aliphatic carbocycles. The molecule has 6 heteroatoms. The van der Waals surface area contributed by atoms with E-state index in [0.29, 0.717) is 36.9 Å². The minimum atomic E-state index is -0.606. The molecule has 0 amide bonds. The molecule has 234 valence electrons. The molecule has 0 aromatic rings. The zero-order valence-corrected chi connectivity index (χ0v) is 27.6. The van der Waals surface area contributed by atoms with Gasteiger partial charge in [-0.25, -0.2) is 0 Å². The molecule has 41 heavy (non-hydrogen) atoms. The largest absolute Gasteiger partial charge is 0.481 e. The van der Waals surface area contributed by atoms with Gasteiger partial charge < -0.3 is 25.1 Å². The Hall–Kier alpha value is -0.950. The van der Waals surface area contributed by atoms with Crippen molar-refractivity contribution in [3.63, 3.8) is 0 Å². The van der Waals surface area contributed by atoms with Crippen LogP contribution in [-0.4, -0.2) is 55.8 Å². The Bertz CT molecular complexity index is 1070. The third-order valence-electron chi connectivity index (χ3n) is 14.0. The van der Waals surface area contributed by atoms with E-state index in [9.17, 15) is 9.90 Å². The lowest BCUT2D eigenvalue weighted by atomic mass is 9.34. The van der Waals surface area contributed by atoms with E-state index in [1.54, 1.807) is 5.57 Å². The number of rotatable bonds is 7. The summed E-state index contributed by atoms with van der Waals surface area (Å²) in [7, 11) is 1.83. The zero-order chi connectivity index (χ0) is 30.4. The van der Waals surface area contributed by atoms with Crippen LogP contribution >= 0.6 is 0 Å². The highest BCUT2D eigenvalue weighted by Crippen LogP contribution is 2.75. The minimum Gasteiger partial charge on any atom is -0.481 e. The van der Waals surface area contributed by atoms with Crippen molar-refractivity contribution < 1.29 is 24.1 Å². The van der Waals surface area contributed by atoms with Crippen LogP contribution in [0.1, 0.15) is 101 Å². The van der Waals surface area contributed by atoms with Crippen LogP contribution in [0.2, 0.25) is 0 Å². The lowest BCUT2D eigenvalue weighted by Crippen LogP contribution is -2.70. The topological polar surface area (TPSA) is 91.0 Å². The SMILES string of the molecule is CO[C@@H]1C[C@@]23COC[C@@](C)([C@@H]2CC[C@H]2C3=CC[C@@]3(C)[C@H](C(=O)O)[C@@](C)([C@H](C)C(C)C)CC[C@]23C)[C@H]1OCC(C)(C)N. The highest BCUT2D eigenvalue weighted by atomic mass is 16.5. The summed E-state index contributed by atoms with van der Waals surface area (Å²) in [6.45, 7) is 22.1. The number of hydrogen-bond donors (Lipinski definition) is 2. The maximum Gasteiger partial charge on any atom is 0.307 e. The van der Waals surface area contributed by atoms with Crippen LogP contribution in [0.25, 0.3) is 0 Å². The third-order valence-corrected chi connectivity index (χ3v) is 14.0. The third kappa shape index (κ3) is 4.35. The standard InChI is InChI=1S/C35H59NO5/c1-21(2)22(3)31(6)15-16-33(8)23-11-12-26-32(7)19-40-20-35(26,17-25(39-10)28(32)41-18-30(4,5)36)24(23)13-14-34(33,9)27(31)29(37)38/h13,21-23,25-28H,11-12,14-20,36H2,1-10H3,(H,37,38)/t22-,23+,25-,26+,27-,28+,31-,32+,33-,34+,35+/m1/s1. The Morgan fingerprint density at radius 3 is 2.39 bits per heavy atom. The first-order chi connectivity index (χ1) is 18.9. The number of carbonyl (C=O) groups is 1. The quantitative estimate of drug-likeness (QED) is 0.329. The lowest BCUT2D eigenvalue weighted by molar-refractivity contribution is -0.268. The fourth-order valence-corrected chi connectivity index (χ4v) is 11.4. The predicted molar refractivity (Wildman–Crippen MR) is 162 cm³/mol. The second-order valence-corrected chi connectivity index (χ2v) is 17.0. The summed E-state index contributed by atoms with van der Waals surface area (Å²) < 4.78 is 19.4. The lowest BCUT2D eigenvalue weighted by Gasteiger charge is -2.71. The molecule has 1 heterocycles. The van der Waals surface area contributed by atoms with Gasteiger partial charge in [0.1, 0.15) is 0 Å². The molecule has 0 aromatic heterocycles. The summed E-state index contributed by atoms with van der Waals surface area (Å²) in [5.41, 5.74) is 6.61. The van der Waals surface area contributed by atoms with Gasteiger partial charge in [-0.3, -0.25) is 4.79 Å². The smallest absolute Gasteiger partial charge is 0.307 e. The molecule has 6 nitrogen and oxygen atoms in total. The fourth-order valence-electron chi connectivity index (χ4n) is 11.4. The normalized spacial score (nSPS) is 48.5. The summed E-state index contributed by atoms with van der Waals surface area (Å²) in [6.07, 6.45) is 8.38. The Kier molecular flexibility index (Phi) is 7.71. The van der Waals surface area contributed by atoms with Crippen LogP contribution in [0, 0.1) is 56.7 Å². The Morgan fingerprint density at radius 1 is 1.12 bits per heavy atom. The van der Waals surface area contributed by atoms with E-state index in [1.165, 1.54) is 0 Å². The summed E-state index contributed by atoms with van der Waals surface area (Å²) >= 11 is 0. The molecule has 2 bridgehead atoms. The molecule has 0 unspecified atom stereocenters. The highest BCUT2D eigenvalue weighted by molar-refractivity contribution is 5.73. The highest BCUT2D eigenvalue weighted by Gasteiger charge is 2.71. The van der Waals surface area contributed by atoms with Crippen molar-refractivity contribution >= 4 is 5.97 Å². The Labute approximate surface area is 249 Å². The van der Waals surface area contributed by atoms with Crippen LogP contribution in [0.15, 0.2) is 11.6 Å². The number of fused-ring (bicyclic) bond motifs is 3. The summed E-state index contributed by atoms with van der Waals surface area (Å²) in [5.74, 6) is 0.620. The van der Waals surface area contributed by atoms with Crippen LogP contribution in [-0.2, 0) is 19.0 Å². The molecule has 3 N–H and O–H groups in total. The molecule has 3 saturated carbocycles. The summed E-state index contributed by atoms with van der Waals surface area (Å²) in [6, 6.07) is 0. The van der Waals surface area contributed by atoms with Crippen molar-refractivity contribution in [2.24, 2.45) is 62.4 Å². The van der Waals surface area contributed by atoms with E-state index >= 15 is 0 Å². The van der Waals surface area contributed by atoms with E-state index in [-0.39, 0.29) is 45.2 Å². The Morgan fingerprint density at radius 2 is 1.80 bits per heavy atom. The van der Waals surface area contributed by atoms with Crippen molar-refractivity contribution in [3.05, 3.63) is 11.6 Å². The number of ether oxygens (including phenoxy) is 3. The minimum absolute atomic E-state index is 0.0310. The van der Waals surface area contributed by atoms with Crippen LogP contribution in [0.5, 0.6) is 0 Å². The van der Waals surface area contributed by atoms with Crippen LogP contribution in [0.4, 0.5) is 0 Å². The number of allylic oxidation sites excluding steroid dienone is 1. The van der Waals surface area contributed by atoms with Gasteiger partial charge in [0.15, 0.2) is 0 Å². The average molecular weight is 574 g/mol. The molecule has 5 rings (SSSR count). The van der Waals surface area contributed by atoms with Gasteiger partial charge in [-0.05, 0) is 92.3 Å². The van der Waals surface area contributed by atoms with E-state index in [1.807, 2.05) is 21.0 Å². The number of nitrogens with two attached hydrogens (primary N) is 1. The Balaban J connectivity index is 1.57. The molecule has 5 aliphatic rings. The fraction of sp³-hybridized carbons (Fsp3) is 0.914. The molecule has 0 spiro atoms. The second kappa shape index (κ2) is 10.0. The molecular formula is C35H59NO5. The van der Waals surface area contributed by atoms with Gasteiger partial charge in [0.2, 0.25) is 0 Å². The molecule has 1 aliphatic heterocycles. The molecule has 0 aromatic carbocycles. The maximum atomic E-state index is 13.3. The number of hydrogen-bond acceptors (Lipinski definition) is 5. The first-order valence-electron chi connectivity index (χ1n) is 16.4. The van der Waals surface area contributed by atoms with E-state index in [4.69, 9.17) is 19.9 Å². The first kappa shape index (κ1) is 31.5. The van der Waals surface area contributed by atoms with Crippen molar-refractivity contribution in [3.8, 4) is 0 Å². The van der Waals surface area contributed by atoms with Gasteiger partial charge in [0.05, 0.1) is 37.9 Å². The van der Waals surface area contributed by atoms with Gasteiger partial charge in [-0.2, -0.15) is 0 Å². The molecule has 1 saturated heterocycles. The first-order valence-corrected chi connectivity index (χ1v) is 16.4. The summed E-state index contributed by atoms with van der Waals surface area (Å²) in [5, 5.41) is 10.9. The van der Waals surface area contributed by atoms with Crippen LogP contribution in [0.3, 0.4) is 0 Å². The van der Waals surface area contributed by atoms with Crippen molar-refractivity contribution in [2.75, 3.05) is 26.9 Å². The van der Waals surface area contributed by atoms with Crippen molar-refractivity contribution in [1.29, 1.82) is 0 Å². The van der Waals surface area contributed by atoms with Gasteiger partial charge in [-0.15, -0.1) is 0 Å². The van der Waals surface area contributed by atoms with E-state index < -0.39 is 11.5 Å². The van der Waals surface area contributed by atoms with Gasteiger partial charge >= 0.3 is 5.97 Å². The average Bonchev–Trinajstić information content (AvgIpc) is 2.86. The predicted octanol–water partition coefficient (Wildman–Crippen LogP) is 6.71. The van der Waals surface area contributed by atoms with Gasteiger partial charge in [0, 0.05) is 23.5 Å². The number of aliphatic carboxylic acids is 1. The molecule has 4 fully saturated rings. The summed E-state index contributed by atoms with van der Waals surface area (Å²) in [4.78, 5) is 13.3. The maximum absolute atomic E-state index is 13.3.